The van der Waals surface area contributed by atoms with E-state index in [0.29, 0.717) is 13.2 Å². The summed E-state index contributed by atoms with van der Waals surface area (Å²) in [7, 11) is -3.33. The molecule has 0 bridgehead atoms. The van der Waals surface area contributed by atoms with E-state index in [0.717, 1.165) is 24.9 Å². The molecule has 0 radical (unpaired) electrons. The molecule has 1 N–H and O–H groups in total. The molecule has 2 aliphatic rings. The second-order valence-electron chi connectivity index (χ2n) is 6.19. The van der Waals surface area contributed by atoms with Gasteiger partial charge in [-0.2, -0.15) is 4.31 Å². The van der Waals surface area contributed by atoms with Gasteiger partial charge >= 0.3 is 0 Å². The Morgan fingerprint density at radius 1 is 1.35 bits per heavy atom. The summed E-state index contributed by atoms with van der Waals surface area (Å²) in [6, 6.07) is 5.55. The van der Waals surface area contributed by atoms with E-state index >= 15 is 0 Å². The third kappa shape index (κ3) is 3.91. The van der Waals surface area contributed by atoms with Crippen LogP contribution in [0.4, 0.5) is 5.69 Å². The Labute approximate surface area is 136 Å². The summed E-state index contributed by atoms with van der Waals surface area (Å²) in [6.45, 7) is 0.927. The van der Waals surface area contributed by atoms with Gasteiger partial charge in [-0.25, -0.2) is 8.42 Å². The van der Waals surface area contributed by atoms with E-state index in [-0.39, 0.29) is 18.9 Å². The standard InChI is InChI=1S/C16H22N2O4S/c1-23(20,21)18-7-8-22-11-15(18)10-16(19)17-14-6-5-12-3-2-4-13(12)9-14/h5-6,9,15H,2-4,7-8,10-11H2,1H3,(H,17,19)/t15-/m0/s1. The molecule has 6 nitrogen and oxygen atoms in total. The van der Waals surface area contributed by atoms with E-state index in [2.05, 4.69) is 11.4 Å². The van der Waals surface area contributed by atoms with Gasteiger partial charge in [0.1, 0.15) is 0 Å². The number of hydrogen-bond donors (Lipinski definition) is 1. The van der Waals surface area contributed by atoms with Crippen LogP contribution in [0.2, 0.25) is 0 Å². The molecule has 23 heavy (non-hydrogen) atoms. The molecule has 1 amide bonds. The van der Waals surface area contributed by atoms with Crippen molar-refractivity contribution in [3.8, 4) is 0 Å². The molecule has 0 spiro atoms. The molecule has 1 atom stereocenters. The molecular formula is C16H22N2O4S. The number of rotatable bonds is 4. The number of nitrogens with one attached hydrogen (secondary N) is 1. The van der Waals surface area contributed by atoms with Gasteiger partial charge in [-0.15, -0.1) is 0 Å². The Morgan fingerprint density at radius 2 is 2.13 bits per heavy atom. The number of fused-ring (bicyclic) bond motifs is 1. The quantitative estimate of drug-likeness (QED) is 0.894. The van der Waals surface area contributed by atoms with Crippen molar-refractivity contribution in [3.05, 3.63) is 29.3 Å². The highest BCUT2D eigenvalue weighted by Crippen LogP contribution is 2.25. The number of carbonyl (C=O) groups excluding carboxylic acids is 1. The Balaban J connectivity index is 1.64. The molecule has 0 aromatic heterocycles. The Hall–Kier alpha value is -1.44. The predicted octanol–water partition coefficient (Wildman–Crippen LogP) is 1.16. The minimum atomic E-state index is -3.33. The summed E-state index contributed by atoms with van der Waals surface area (Å²) in [5.74, 6) is -0.188. The highest BCUT2D eigenvalue weighted by Gasteiger charge is 2.31. The molecule has 1 aliphatic carbocycles. The van der Waals surface area contributed by atoms with Gasteiger partial charge in [0.2, 0.25) is 15.9 Å². The largest absolute Gasteiger partial charge is 0.378 e. The number of ether oxygens (including phenoxy) is 1. The zero-order valence-corrected chi connectivity index (χ0v) is 14.1. The van der Waals surface area contributed by atoms with E-state index in [9.17, 15) is 13.2 Å². The van der Waals surface area contributed by atoms with Crippen LogP contribution in [0.25, 0.3) is 0 Å². The Bertz CT molecular complexity index is 702. The summed E-state index contributed by atoms with van der Waals surface area (Å²) >= 11 is 0. The zero-order chi connectivity index (χ0) is 16.4. The van der Waals surface area contributed by atoms with E-state index in [1.165, 1.54) is 21.7 Å². The minimum absolute atomic E-state index is 0.101. The molecule has 1 heterocycles. The average Bonchev–Trinajstić information content (AvgIpc) is 2.94. The van der Waals surface area contributed by atoms with Crippen LogP contribution in [0.15, 0.2) is 18.2 Å². The van der Waals surface area contributed by atoms with Gasteiger partial charge in [-0.3, -0.25) is 4.79 Å². The van der Waals surface area contributed by atoms with Crippen LogP contribution in [0.1, 0.15) is 24.0 Å². The maximum Gasteiger partial charge on any atom is 0.226 e. The van der Waals surface area contributed by atoms with Crippen LogP contribution < -0.4 is 5.32 Å². The first-order valence-electron chi connectivity index (χ1n) is 7.90. The fourth-order valence-electron chi connectivity index (χ4n) is 3.31. The summed E-state index contributed by atoms with van der Waals surface area (Å²) in [6.07, 6.45) is 4.59. The van der Waals surface area contributed by atoms with Crippen molar-refractivity contribution in [3.63, 3.8) is 0 Å². The van der Waals surface area contributed by atoms with Gasteiger partial charge in [0.15, 0.2) is 0 Å². The maximum absolute atomic E-state index is 12.3. The third-order valence-corrected chi connectivity index (χ3v) is 5.74. The number of nitrogens with zero attached hydrogens (tertiary/aromatic N) is 1. The molecule has 3 rings (SSSR count). The van der Waals surface area contributed by atoms with Crippen molar-refractivity contribution in [1.82, 2.24) is 4.31 Å². The number of benzene rings is 1. The van der Waals surface area contributed by atoms with Gasteiger partial charge in [-0.05, 0) is 42.5 Å². The van der Waals surface area contributed by atoms with Gasteiger partial charge < -0.3 is 10.1 Å². The number of hydrogen-bond acceptors (Lipinski definition) is 4. The Morgan fingerprint density at radius 3 is 2.91 bits per heavy atom. The first-order valence-corrected chi connectivity index (χ1v) is 9.74. The lowest BCUT2D eigenvalue weighted by atomic mass is 10.1. The van der Waals surface area contributed by atoms with E-state index in [4.69, 9.17) is 4.74 Å². The second-order valence-corrected chi connectivity index (χ2v) is 8.13. The average molecular weight is 338 g/mol. The first kappa shape index (κ1) is 16.4. The lowest BCUT2D eigenvalue weighted by Crippen LogP contribution is -2.49. The number of sulfonamides is 1. The van der Waals surface area contributed by atoms with Crippen molar-refractivity contribution in [1.29, 1.82) is 0 Å². The monoisotopic (exact) mass is 338 g/mol. The van der Waals surface area contributed by atoms with E-state index in [1.54, 1.807) is 0 Å². The molecule has 7 heteroatoms. The third-order valence-electron chi connectivity index (χ3n) is 4.40. The topological polar surface area (TPSA) is 75.7 Å². The van der Waals surface area contributed by atoms with E-state index < -0.39 is 16.1 Å². The normalized spacial score (nSPS) is 21.9. The highest BCUT2D eigenvalue weighted by atomic mass is 32.2. The summed E-state index contributed by atoms with van der Waals surface area (Å²) < 4.78 is 30.3. The van der Waals surface area contributed by atoms with Crippen LogP contribution in [0, 0.1) is 0 Å². The summed E-state index contributed by atoms with van der Waals surface area (Å²) in [4.78, 5) is 12.3. The molecular weight excluding hydrogens is 316 g/mol. The van der Waals surface area contributed by atoms with Crippen LogP contribution in [-0.4, -0.2) is 50.7 Å². The molecule has 126 valence electrons. The molecule has 1 saturated heterocycles. The van der Waals surface area contributed by atoms with Crippen molar-refractivity contribution in [2.24, 2.45) is 0 Å². The second kappa shape index (κ2) is 6.59. The fraction of sp³-hybridized carbons (Fsp3) is 0.562. The van der Waals surface area contributed by atoms with Gasteiger partial charge in [0, 0.05) is 18.7 Å². The zero-order valence-electron chi connectivity index (χ0n) is 13.2. The molecule has 0 saturated carbocycles. The maximum atomic E-state index is 12.3. The van der Waals surface area contributed by atoms with Crippen molar-refractivity contribution in [2.75, 3.05) is 31.3 Å². The lowest BCUT2D eigenvalue weighted by molar-refractivity contribution is -0.118. The smallest absolute Gasteiger partial charge is 0.226 e. The van der Waals surface area contributed by atoms with Crippen molar-refractivity contribution < 1.29 is 17.9 Å². The number of carbonyl (C=O) groups is 1. The summed E-state index contributed by atoms with van der Waals surface area (Å²) in [5.41, 5.74) is 3.42. The van der Waals surface area contributed by atoms with Crippen molar-refractivity contribution >= 4 is 21.6 Å². The molecule has 1 aromatic carbocycles. The van der Waals surface area contributed by atoms with Crippen molar-refractivity contribution in [2.45, 2.75) is 31.7 Å². The van der Waals surface area contributed by atoms with Crippen LogP contribution >= 0.6 is 0 Å². The van der Waals surface area contributed by atoms with Gasteiger partial charge in [-0.1, -0.05) is 6.07 Å². The molecule has 0 unspecified atom stereocenters. The van der Waals surface area contributed by atoms with Crippen LogP contribution in [0.5, 0.6) is 0 Å². The molecule has 1 aliphatic heterocycles. The highest BCUT2D eigenvalue weighted by molar-refractivity contribution is 7.88. The fourth-order valence-corrected chi connectivity index (χ4v) is 4.40. The predicted molar refractivity (Wildman–Crippen MR) is 87.9 cm³/mol. The minimum Gasteiger partial charge on any atom is -0.378 e. The van der Waals surface area contributed by atoms with Crippen LogP contribution in [0.3, 0.4) is 0 Å². The van der Waals surface area contributed by atoms with Crippen LogP contribution in [-0.2, 0) is 32.4 Å². The first-order chi connectivity index (χ1) is 10.9. The number of amides is 1. The van der Waals surface area contributed by atoms with E-state index in [1.807, 2.05) is 12.1 Å². The van der Waals surface area contributed by atoms with Gasteiger partial charge in [0.05, 0.1) is 25.5 Å². The lowest BCUT2D eigenvalue weighted by Gasteiger charge is -2.33. The Kier molecular flexibility index (Phi) is 4.70. The number of aryl methyl sites for hydroxylation is 2. The number of morpholine rings is 1. The SMILES string of the molecule is CS(=O)(=O)N1CCOC[C@@H]1CC(=O)Nc1ccc2c(c1)CCC2. The summed E-state index contributed by atoms with van der Waals surface area (Å²) in [5, 5.41) is 2.87. The number of anilines is 1. The van der Waals surface area contributed by atoms with Gasteiger partial charge in [0.25, 0.3) is 0 Å². The molecule has 1 fully saturated rings. The molecule has 1 aromatic rings.